The lowest BCUT2D eigenvalue weighted by Crippen LogP contribution is -2.12. The van der Waals surface area contributed by atoms with Crippen molar-refractivity contribution in [2.24, 2.45) is 4.99 Å². The van der Waals surface area contributed by atoms with Crippen molar-refractivity contribution >= 4 is 12.3 Å². The molecule has 3 heteroatoms. The third-order valence-electron chi connectivity index (χ3n) is 2.88. The predicted octanol–water partition coefficient (Wildman–Crippen LogP) is 1.84. The van der Waals surface area contributed by atoms with E-state index in [2.05, 4.69) is 21.1 Å². The van der Waals surface area contributed by atoms with Gasteiger partial charge in [0.25, 0.3) is 0 Å². The molecule has 0 N–H and O–H groups in total. The lowest BCUT2D eigenvalue weighted by atomic mass is 10.2. The molecule has 1 aromatic heterocycles. The zero-order chi connectivity index (χ0) is 9.54. The molecule has 0 saturated heterocycles. The third kappa shape index (κ3) is 1.05. The van der Waals surface area contributed by atoms with Crippen molar-refractivity contribution in [1.29, 1.82) is 0 Å². The number of imidazole rings is 1. The molecule has 0 amide bonds. The Labute approximate surface area is 83.2 Å². The van der Waals surface area contributed by atoms with Gasteiger partial charge in [0.2, 0.25) is 0 Å². The van der Waals surface area contributed by atoms with Crippen LogP contribution in [0.3, 0.4) is 0 Å². The van der Waals surface area contributed by atoms with Crippen LogP contribution in [0.25, 0.3) is 6.08 Å². The van der Waals surface area contributed by atoms with Gasteiger partial charge in [0.1, 0.15) is 5.82 Å². The minimum Gasteiger partial charge on any atom is -0.322 e. The molecule has 0 radical (unpaired) electrons. The molecule has 0 bridgehead atoms. The zero-order valence-corrected chi connectivity index (χ0v) is 8.11. The van der Waals surface area contributed by atoms with Gasteiger partial charge in [-0.25, -0.2) is 4.98 Å². The van der Waals surface area contributed by atoms with Crippen LogP contribution in [0, 0.1) is 0 Å². The second-order valence-corrected chi connectivity index (χ2v) is 3.91. The summed E-state index contributed by atoms with van der Waals surface area (Å²) in [5.41, 5.74) is 2.46. The van der Waals surface area contributed by atoms with E-state index in [-0.39, 0.29) is 0 Å². The molecule has 2 aliphatic rings. The molecule has 2 heterocycles. The smallest absolute Gasteiger partial charge is 0.132 e. The second kappa shape index (κ2) is 2.80. The van der Waals surface area contributed by atoms with Gasteiger partial charge in [-0.1, -0.05) is 6.58 Å². The molecule has 3 rings (SSSR count). The Bertz CT molecular complexity index is 410. The van der Waals surface area contributed by atoms with Crippen molar-refractivity contribution < 1.29 is 0 Å². The molecule has 14 heavy (non-hydrogen) atoms. The maximum atomic E-state index is 4.63. The van der Waals surface area contributed by atoms with Crippen molar-refractivity contribution in [3.05, 3.63) is 23.8 Å². The summed E-state index contributed by atoms with van der Waals surface area (Å²) in [4.78, 5) is 8.94. The van der Waals surface area contributed by atoms with E-state index < -0.39 is 0 Å². The van der Waals surface area contributed by atoms with Crippen LogP contribution < -0.4 is 0 Å². The van der Waals surface area contributed by atoms with E-state index in [0.717, 1.165) is 18.9 Å². The summed E-state index contributed by atoms with van der Waals surface area (Å²) in [5, 5.41) is 0. The monoisotopic (exact) mass is 187 g/mol. The lowest BCUT2D eigenvalue weighted by molar-refractivity contribution is 0.683. The highest BCUT2D eigenvalue weighted by atomic mass is 15.1. The first-order chi connectivity index (χ1) is 6.90. The van der Waals surface area contributed by atoms with Crippen LogP contribution in [-0.4, -0.2) is 22.3 Å². The van der Waals surface area contributed by atoms with Crippen LogP contribution in [-0.2, 0) is 6.54 Å². The van der Waals surface area contributed by atoms with E-state index in [1.165, 1.54) is 24.2 Å². The van der Waals surface area contributed by atoms with Crippen LogP contribution >= 0.6 is 0 Å². The van der Waals surface area contributed by atoms with Gasteiger partial charge in [-0.2, -0.15) is 0 Å². The Morgan fingerprint density at radius 3 is 3.07 bits per heavy atom. The fourth-order valence-corrected chi connectivity index (χ4v) is 2.00. The normalized spacial score (nSPS) is 19.4. The lowest BCUT2D eigenvalue weighted by Gasteiger charge is -2.10. The molecular formula is C11H13N3. The van der Waals surface area contributed by atoms with E-state index in [0.29, 0.717) is 5.92 Å². The van der Waals surface area contributed by atoms with Gasteiger partial charge in [0, 0.05) is 18.7 Å². The van der Waals surface area contributed by atoms with Crippen LogP contribution in [0.15, 0.2) is 11.6 Å². The summed E-state index contributed by atoms with van der Waals surface area (Å²) in [5.74, 6) is 1.70. The van der Waals surface area contributed by atoms with E-state index in [9.17, 15) is 0 Å². The standard InChI is InChI=1S/C11H13N3/c1-2-10-13-11(8-3-4-8)9-7-12-5-6-14(9)10/h2,7-8H,1,3-6H2. The number of fused-ring (bicyclic) bond motifs is 1. The predicted molar refractivity (Wildman–Crippen MR) is 56.8 cm³/mol. The number of aromatic nitrogens is 2. The third-order valence-corrected chi connectivity index (χ3v) is 2.88. The molecule has 1 aliphatic carbocycles. The Balaban J connectivity index is 2.17. The summed E-state index contributed by atoms with van der Waals surface area (Å²) < 4.78 is 2.23. The Hall–Kier alpha value is -1.38. The fraction of sp³-hybridized carbons (Fsp3) is 0.455. The minimum atomic E-state index is 0.689. The second-order valence-electron chi connectivity index (χ2n) is 3.91. The fourth-order valence-electron chi connectivity index (χ4n) is 2.00. The molecule has 0 aromatic carbocycles. The average molecular weight is 187 g/mol. The highest BCUT2D eigenvalue weighted by Gasteiger charge is 2.30. The van der Waals surface area contributed by atoms with E-state index in [1.54, 1.807) is 0 Å². The molecule has 1 saturated carbocycles. The van der Waals surface area contributed by atoms with Gasteiger partial charge in [-0.15, -0.1) is 0 Å². The van der Waals surface area contributed by atoms with Crippen molar-refractivity contribution in [2.75, 3.05) is 6.54 Å². The number of rotatable bonds is 2. The zero-order valence-electron chi connectivity index (χ0n) is 8.11. The van der Waals surface area contributed by atoms with Gasteiger partial charge in [-0.3, -0.25) is 4.99 Å². The maximum absolute atomic E-state index is 4.63. The molecule has 1 aromatic rings. The molecular weight excluding hydrogens is 174 g/mol. The molecule has 3 nitrogen and oxygen atoms in total. The Morgan fingerprint density at radius 1 is 1.50 bits per heavy atom. The van der Waals surface area contributed by atoms with Gasteiger partial charge in [0.15, 0.2) is 0 Å². The van der Waals surface area contributed by atoms with E-state index >= 15 is 0 Å². The number of hydrogen-bond donors (Lipinski definition) is 0. The first-order valence-electron chi connectivity index (χ1n) is 5.13. The van der Waals surface area contributed by atoms with Gasteiger partial charge in [-0.05, 0) is 18.9 Å². The van der Waals surface area contributed by atoms with Crippen LogP contribution in [0.2, 0.25) is 0 Å². The van der Waals surface area contributed by atoms with Crippen molar-refractivity contribution in [3.63, 3.8) is 0 Å². The topological polar surface area (TPSA) is 30.2 Å². The molecule has 1 aliphatic heterocycles. The number of hydrogen-bond acceptors (Lipinski definition) is 2. The number of aliphatic imine (C=N–C) groups is 1. The van der Waals surface area contributed by atoms with Crippen molar-refractivity contribution in [3.8, 4) is 0 Å². The summed E-state index contributed by atoms with van der Waals surface area (Å²) in [6.07, 6.45) is 6.38. The Morgan fingerprint density at radius 2 is 2.36 bits per heavy atom. The van der Waals surface area contributed by atoms with E-state index in [4.69, 9.17) is 0 Å². The van der Waals surface area contributed by atoms with Gasteiger partial charge in [0.05, 0.1) is 17.9 Å². The van der Waals surface area contributed by atoms with Crippen molar-refractivity contribution in [1.82, 2.24) is 9.55 Å². The molecule has 0 atom stereocenters. The van der Waals surface area contributed by atoms with Crippen LogP contribution in [0.1, 0.15) is 36.0 Å². The van der Waals surface area contributed by atoms with Gasteiger partial charge >= 0.3 is 0 Å². The van der Waals surface area contributed by atoms with Crippen molar-refractivity contribution in [2.45, 2.75) is 25.3 Å². The summed E-state index contributed by atoms with van der Waals surface area (Å²) >= 11 is 0. The quantitative estimate of drug-likeness (QED) is 0.694. The number of nitrogens with zero attached hydrogens (tertiary/aromatic N) is 3. The highest BCUT2D eigenvalue weighted by Crippen LogP contribution is 2.41. The van der Waals surface area contributed by atoms with Gasteiger partial charge < -0.3 is 4.57 Å². The Kier molecular flexibility index (Phi) is 1.60. The highest BCUT2D eigenvalue weighted by molar-refractivity contribution is 5.81. The molecule has 0 spiro atoms. The first-order valence-corrected chi connectivity index (χ1v) is 5.13. The molecule has 1 fully saturated rings. The summed E-state index contributed by atoms with van der Waals surface area (Å²) in [6.45, 7) is 5.62. The van der Waals surface area contributed by atoms with Crippen LogP contribution in [0.5, 0.6) is 0 Å². The molecule has 72 valence electrons. The average Bonchev–Trinajstić information content (AvgIpc) is 3.00. The molecule has 0 unspecified atom stereocenters. The van der Waals surface area contributed by atoms with Crippen LogP contribution in [0.4, 0.5) is 0 Å². The first kappa shape index (κ1) is 7.97. The maximum Gasteiger partial charge on any atom is 0.132 e. The summed E-state index contributed by atoms with van der Waals surface area (Å²) in [7, 11) is 0. The largest absolute Gasteiger partial charge is 0.322 e. The van der Waals surface area contributed by atoms with E-state index in [1.807, 2.05) is 12.3 Å². The SMILES string of the molecule is C=Cc1nc(C2CC2)c2n1CCN=C2. The summed E-state index contributed by atoms with van der Waals surface area (Å²) in [6, 6.07) is 0. The minimum absolute atomic E-state index is 0.689.